The molecule has 1 rings (SSSR count). The molecule has 0 aliphatic heterocycles. The van der Waals surface area contributed by atoms with Gasteiger partial charge < -0.3 is 4.98 Å². The van der Waals surface area contributed by atoms with Crippen molar-refractivity contribution in [2.75, 3.05) is 0 Å². The van der Waals surface area contributed by atoms with Crippen molar-refractivity contribution in [1.82, 2.24) is 4.98 Å². The van der Waals surface area contributed by atoms with Crippen molar-refractivity contribution in [3.8, 4) is 0 Å². The van der Waals surface area contributed by atoms with Crippen molar-refractivity contribution in [3.63, 3.8) is 0 Å². The van der Waals surface area contributed by atoms with Crippen molar-refractivity contribution in [2.24, 2.45) is 0 Å². The molecule has 0 spiro atoms. The van der Waals surface area contributed by atoms with Crippen LogP contribution < -0.4 is 0 Å². The van der Waals surface area contributed by atoms with E-state index in [1.54, 1.807) is 11.3 Å². The molecule has 0 amide bonds. The maximum absolute atomic E-state index is 4.76. The molecule has 58 valence electrons. The van der Waals surface area contributed by atoms with Gasteiger partial charge in [-0.15, -0.1) is 6.20 Å². The van der Waals surface area contributed by atoms with Crippen LogP contribution in [0.15, 0.2) is 5.38 Å². The Hall–Kier alpha value is 0.543. The first-order chi connectivity index (χ1) is 5.34. The summed E-state index contributed by atoms with van der Waals surface area (Å²) < 4.78 is 0. The number of aromatic nitrogens is 1. The Morgan fingerprint density at radius 3 is 2.82 bits per heavy atom. The summed E-state index contributed by atoms with van der Waals surface area (Å²) >= 11 is 2.54. The summed E-state index contributed by atoms with van der Waals surface area (Å²) in [5.41, 5.74) is 0. The molecule has 0 aliphatic rings. The van der Waals surface area contributed by atoms with Gasteiger partial charge in [-0.05, 0) is 0 Å². The van der Waals surface area contributed by atoms with Gasteiger partial charge in [0, 0.05) is 0 Å². The van der Waals surface area contributed by atoms with E-state index in [-0.39, 0.29) is 0 Å². The Bertz CT molecular complexity index is 167. The summed E-state index contributed by atoms with van der Waals surface area (Å²) in [6, 6.07) is 0. The third-order valence-corrected chi connectivity index (χ3v) is 2.40. The molecule has 1 aromatic heterocycles. The van der Waals surface area contributed by atoms with E-state index >= 15 is 0 Å². The summed E-state index contributed by atoms with van der Waals surface area (Å²) in [7, 11) is 4.76. The summed E-state index contributed by atoms with van der Waals surface area (Å²) in [6.45, 7) is 4.36. The van der Waals surface area contributed by atoms with Crippen molar-refractivity contribution >= 4 is 21.0 Å². The molecular weight excluding hydrogens is 231 g/mol. The number of nitrogens with zero attached hydrogens (tertiary/aromatic N) is 1. The van der Waals surface area contributed by atoms with Crippen LogP contribution in [-0.4, -0.2) is 4.98 Å². The second-order valence-electron chi connectivity index (χ2n) is 2.12. The van der Waals surface area contributed by atoms with E-state index < -0.39 is 0 Å². The molecule has 1 heterocycles. The normalized spacial score (nSPS) is 11.7. The van der Waals surface area contributed by atoms with Gasteiger partial charge in [-0.3, -0.25) is 0 Å². The minimum absolute atomic E-state index is 0.612. The number of rotatable bonds is 2. The zero-order chi connectivity index (χ0) is 8.69. The third kappa shape index (κ3) is 4.20. The van der Waals surface area contributed by atoms with Gasteiger partial charge in [-0.2, -0.15) is 0 Å². The van der Waals surface area contributed by atoms with E-state index in [4.69, 9.17) is 9.69 Å². The molecule has 1 unspecified atom stereocenters. The minimum atomic E-state index is 0.612. The Balaban J connectivity index is 0.000000461. The predicted octanol–water partition coefficient (Wildman–Crippen LogP) is 3.14. The Kier molecular flexibility index (Phi) is 7.56. The van der Waals surface area contributed by atoms with Crippen LogP contribution in [0.1, 0.15) is 31.2 Å². The zero-order valence-corrected chi connectivity index (χ0v) is 11.3. The molecule has 11 heavy (non-hydrogen) atoms. The first-order valence-corrected chi connectivity index (χ1v) is 8.20. The molecule has 0 bridgehead atoms. The molecule has 1 nitrogen and oxygen atoms in total. The van der Waals surface area contributed by atoms with Gasteiger partial charge in [0.2, 0.25) is 0 Å². The van der Waals surface area contributed by atoms with E-state index in [1.807, 2.05) is 5.38 Å². The molecule has 4 heteroatoms. The Labute approximate surface area is 85.9 Å². The SMILES string of the molecule is CCC(C)c1n[c-]cs1.[Cl][Zn+]. The van der Waals surface area contributed by atoms with E-state index in [2.05, 4.69) is 25.0 Å². The van der Waals surface area contributed by atoms with Crippen molar-refractivity contribution < 1.29 is 17.3 Å². The van der Waals surface area contributed by atoms with E-state index in [1.165, 1.54) is 11.4 Å². The van der Waals surface area contributed by atoms with Gasteiger partial charge >= 0.3 is 27.0 Å². The fraction of sp³-hybridized carbons (Fsp3) is 0.571. The summed E-state index contributed by atoms with van der Waals surface area (Å²) in [5.74, 6) is 0.612. The standard InChI is InChI=1S/C7H10NS.ClH.Zn/c1-3-6(2)7-8-4-5-9-7;;/h5-6H,3H2,1-2H3;1H;/q-1;;+2/p-1. The summed E-state index contributed by atoms with van der Waals surface area (Å²) in [4.78, 5) is 4.08. The fourth-order valence-corrected chi connectivity index (χ4v) is 1.33. The Morgan fingerprint density at radius 2 is 2.45 bits per heavy atom. The van der Waals surface area contributed by atoms with Gasteiger partial charge in [0.25, 0.3) is 0 Å². The second-order valence-corrected chi connectivity index (χ2v) is 3.01. The molecular formula is C7H10ClNSZn. The molecule has 0 aliphatic carbocycles. The third-order valence-electron chi connectivity index (χ3n) is 1.44. The first kappa shape index (κ1) is 11.5. The van der Waals surface area contributed by atoms with Crippen LogP contribution >= 0.6 is 21.0 Å². The molecule has 1 atom stereocenters. The van der Waals surface area contributed by atoms with Crippen LogP contribution in [0.2, 0.25) is 0 Å². The van der Waals surface area contributed by atoms with Crippen LogP contribution in [0.3, 0.4) is 0 Å². The molecule has 0 saturated heterocycles. The number of hydrogen-bond donors (Lipinski definition) is 0. The van der Waals surface area contributed by atoms with E-state index in [9.17, 15) is 0 Å². The fourth-order valence-electron chi connectivity index (χ4n) is 0.604. The molecule has 1 aromatic rings. The van der Waals surface area contributed by atoms with E-state index in [0.717, 1.165) is 17.3 Å². The number of halogens is 1. The van der Waals surface area contributed by atoms with Gasteiger partial charge in [0.05, 0.1) is 0 Å². The van der Waals surface area contributed by atoms with Crippen LogP contribution in [0.25, 0.3) is 0 Å². The summed E-state index contributed by atoms with van der Waals surface area (Å²) in [5, 5.41) is 3.11. The monoisotopic (exact) mass is 239 g/mol. The van der Waals surface area contributed by atoms with Crippen molar-refractivity contribution in [2.45, 2.75) is 26.2 Å². The Morgan fingerprint density at radius 1 is 1.82 bits per heavy atom. The predicted molar refractivity (Wildman–Crippen MR) is 45.5 cm³/mol. The molecule has 0 aromatic carbocycles. The summed E-state index contributed by atoms with van der Waals surface area (Å²) in [6.07, 6.45) is 3.98. The maximum atomic E-state index is 4.76. The number of thiazole rings is 1. The molecule has 0 saturated carbocycles. The first-order valence-electron chi connectivity index (χ1n) is 3.42. The van der Waals surface area contributed by atoms with E-state index in [0.29, 0.717) is 5.92 Å². The second kappa shape index (κ2) is 7.21. The average molecular weight is 241 g/mol. The van der Waals surface area contributed by atoms with Crippen LogP contribution in [-0.2, 0) is 17.3 Å². The average Bonchev–Trinajstić information content (AvgIpc) is 2.59. The van der Waals surface area contributed by atoms with Crippen LogP contribution in [0, 0.1) is 6.20 Å². The molecule has 0 radical (unpaired) electrons. The van der Waals surface area contributed by atoms with Crippen LogP contribution in [0.5, 0.6) is 0 Å². The van der Waals surface area contributed by atoms with Gasteiger partial charge in [-0.1, -0.05) is 36.6 Å². The number of hydrogen-bond acceptors (Lipinski definition) is 2. The van der Waals surface area contributed by atoms with Gasteiger partial charge in [-0.25, -0.2) is 11.3 Å². The topological polar surface area (TPSA) is 12.9 Å². The van der Waals surface area contributed by atoms with Crippen molar-refractivity contribution in [3.05, 3.63) is 16.6 Å². The van der Waals surface area contributed by atoms with Gasteiger partial charge in [0.15, 0.2) is 0 Å². The van der Waals surface area contributed by atoms with Crippen LogP contribution in [0.4, 0.5) is 0 Å². The molecule has 0 N–H and O–H groups in total. The van der Waals surface area contributed by atoms with Gasteiger partial charge in [0.1, 0.15) is 0 Å². The quantitative estimate of drug-likeness (QED) is 0.572. The van der Waals surface area contributed by atoms with Crippen molar-refractivity contribution in [1.29, 1.82) is 0 Å². The zero-order valence-electron chi connectivity index (χ0n) is 6.80. The molecule has 0 fully saturated rings.